The van der Waals surface area contributed by atoms with Gasteiger partial charge < -0.3 is 4.74 Å². The molecular weight excluding hydrogens is 308 g/mol. The Morgan fingerprint density at radius 2 is 2.26 bits per heavy atom. The number of aryl methyl sites for hydroxylation is 2. The van der Waals surface area contributed by atoms with Gasteiger partial charge >= 0.3 is 0 Å². The van der Waals surface area contributed by atoms with Crippen LogP contribution in [-0.2, 0) is 13.5 Å². The zero-order valence-corrected chi connectivity index (χ0v) is 12.5. The smallest absolute Gasteiger partial charge is 0.153 e. The highest BCUT2D eigenvalue weighted by Gasteiger charge is 2.08. The zero-order chi connectivity index (χ0) is 13.8. The number of ether oxygens (including phenoxy) is 1. The van der Waals surface area contributed by atoms with Gasteiger partial charge in [0.2, 0.25) is 0 Å². The number of aromatic nitrogens is 2. The Hall–Kier alpha value is -1.62. The van der Waals surface area contributed by atoms with Gasteiger partial charge in [0.15, 0.2) is 6.29 Å². The van der Waals surface area contributed by atoms with Gasteiger partial charge in [-0.1, -0.05) is 15.9 Å². The fraction of sp³-hybridized carbons (Fsp3) is 0.286. The van der Waals surface area contributed by atoms with E-state index in [1.807, 2.05) is 32.4 Å². The molecule has 1 heterocycles. The maximum Gasteiger partial charge on any atom is 0.153 e. The fourth-order valence-electron chi connectivity index (χ4n) is 1.91. The summed E-state index contributed by atoms with van der Waals surface area (Å²) in [4.78, 5) is 11.1. The van der Waals surface area contributed by atoms with Gasteiger partial charge in [-0.3, -0.25) is 9.48 Å². The monoisotopic (exact) mass is 322 g/mol. The number of aldehydes is 1. The first-order valence-corrected chi connectivity index (χ1v) is 6.75. The van der Waals surface area contributed by atoms with Crippen LogP contribution in [0.4, 0.5) is 0 Å². The number of nitrogens with zero attached hydrogens (tertiary/aromatic N) is 2. The summed E-state index contributed by atoms with van der Waals surface area (Å²) >= 11 is 3.37. The van der Waals surface area contributed by atoms with E-state index >= 15 is 0 Å². The van der Waals surface area contributed by atoms with Crippen molar-refractivity contribution in [1.29, 1.82) is 0 Å². The molecule has 0 N–H and O–H groups in total. The van der Waals surface area contributed by atoms with Gasteiger partial charge in [0.25, 0.3) is 0 Å². The van der Waals surface area contributed by atoms with Crippen LogP contribution in [0.25, 0.3) is 0 Å². The molecule has 19 heavy (non-hydrogen) atoms. The number of carbonyl (C=O) groups is 1. The summed E-state index contributed by atoms with van der Waals surface area (Å²) in [5, 5.41) is 4.10. The van der Waals surface area contributed by atoms with E-state index in [9.17, 15) is 4.79 Å². The molecule has 5 heteroatoms. The van der Waals surface area contributed by atoms with Crippen LogP contribution in [0.15, 0.2) is 29.0 Å². The highest BCUT2D eigenvalue weighted by atomic mass is 79.9. The zero-order valence-electron chi connectivity index (χ0n) is 10.9. The van der Waals surface area contributed by atoms with E-state index in [1.54, 1.807) is 10.7 Å². The summed E-state index contributed by atoms with van der Waals surface area (Å²) in [6.07, 6.45) is 5.36. The Bertz CT molecular complexity index is 593. The number of carbonyl (C=O) groups excluding carboxylic acids is 1. The van der Waals surface area contributed by atoms with Crippen molar-refractivity contribution in [3.05, 3.63) is 45.7 Å². The molecule has 0 unspecified atom stereocenters. The first kappa shape index (κ1) is 13.8. The molecule has 0 amide bonds. The molecule has 1 aromatic carbocycles. The van der Waals surface area contributed by atoms with Gasteiger partial charge in [-0.05, 0) is 30.2 Å². The minimum Gasteiger partial charge on any atom is -0.492 e. The minimum absolute atomic E-state index is 0.523. The molecular formula is C14H15BrN2O2. The standard InChI is InChI=1S/C14H15BrN2O2/c1-10-5-13(15)6-12(9-18)14(10)19-4-3-11-7-16-17(2)8-11/h5-9H,3-4H2,1-2H3. The molecule has 1 aromatic heterocycles. The average molecular weight is 323 g/mol. The van der Waals surface area contributed by atoms with Gasteiger partial charge in [0.05, 0.1) is 18.4 Å². The van der Waals surface area contributed by atoms with E-state index in [0.29, 0.717) is 17.9 Å². The summed E-state index contributed by atoms with van der Waals surface area (Å²) in [5.74, 6) is 0.655. The number of hydrogen-bond donors (Lipinski definition) is 0. The van der Waals surface area contributed by atoms with E-state index < -0.39 is 0 Å². The van der Waals surface area contributed by atoms with Crippen molar-refractivity contribution in [3.63, 3.8) is 0 Å². The maximum absolute atomic E-state index is 11.1. The van der Waals surface area contributed by atoms with E-state index in [4.69, 9.17) is 4.74 Å². The molecule has 2 aromatic rings. The lowest BCUT2D eigenvalue weighted by atomic mass is 10.1. The molecule has 0 bridgehead atoms. The van der Waals surface area contributed by atoms with Crippen molar-refractivity contribution >= 4 is 22.2 Å². The van der Waals surface area contributed by atoms with E-state index in [2.05, 4.69) is 21.0 Å². The van der Waals surface area contributed by atoms with E-state index in [1.165, 1.54) is 0 Å². The normalized spacial score (nSPS) is 10.5. The van der Waals surface area contributed by atoms with Crippen LogP contribution >= 0.6 is 15.9 Å². The van der Waals surface area contributed by atoms with Crippen LogP contribution in [0.2, 0.25) is 0 Å². The lowest BCUT2D eigenvalue weighted by Gasteiger charge is -2.11. The molecule has 0 radical (unpaired) electrons. The fourth-order valence-corrected chi connectivity index (χ4v) is 2.50. The van der Waals surface area contributed by atoms with Gasteiger partial charge in [-0.25, -0.2) is 0 Å². The van der Waals surface area contributed by atoms with Gasteiger partial charge in [0, 0.05) is 24.1 Å². The van der Waals surface area contributed by atoms with Crippen molar-refractivity contribution in [3.8, 4) is 5.75 Å². The average Bonchev–Trinajstić information content (AvgIpc) is 2.77. The first-order valence-electron chi connectivity index (χ1n) is 5.96. The van der Waals surface area contributed by atoms with Crippen LogP contribution < -0.4 is 4.74 Å². The number of halogens is 1. The number of hydrogen-bond acceptors (Lipinski definition) is 3. The third-order valence-corrected chi connectivity index (χ3v) is 3.25. The minimum atomic E-state index is 0.523. The highest BCUT2D eigenvalue weighted by molar-refractivity contribution is 9.10. The van der Waals surface area contributed by atoms with Crippen molar-refractivity contribution in [2.24, 2.45) is 7.05 Å². The summed E-state index contributed by atoms with van der Waals surface area (Å²) in [7, 11) is 1.88. The van der Waals surface area contributed by atoms with E-state index in [-0.39, 0.29) is 0 Å². The predicted octanol–water partition coefficient (Wildman–Crippen LogP) is 2.93. The molecule has 0 aliphatic heterocycles. The molecule has 0 saturated carbocycles. The molecule has 4 nitrogen and oxygen atoms in total. The molecule has 100 valence electrons. The van der Waals surface area contributed by atoms with Gasteiger partial charge in [-0.15, -0.1) is 0 Å². The third-order valence-electron chi connectivity index (χ3n) is 2.79. The second-order valence-electron chi connectivity index (χ2n) is 4.38. The van der Waals surface area contributed by atoms with E-state index in [0.717, 1.165) is 28.3 Å². The summed E-state index contributed by atoms with van der Waals surface area (Å²) in [6, 6.07) is 3.70. The Balaban J connectivity index is 2.05. The Morgan fingerprint density at radius 3 is 2.89 bits per heavy atom. The Labute approximate surface area is 120 Å². The van der Waals surface area contributed by atoms with Crippen LogP contribution in [0, 0.1) is 6.92 Å². The summed E-state index contributed by atoms with van der Waals surface area (Å²) < 4.78 is 8.38. The predicted molar refractivity (Wildman–Crippen MR) is 76.7 cm³/mol. The molecule has 0 atom stereocenters. The maximum atomic E-state index is 11.1. The Morgan fingerprint density at radius 1 is 1.47 bits per heavy atom. The van der Waals surface area contributed by atoms with Crippen LogP contribution in [0.5, 0.6) is 5.75 Å². The molecule has 0 spiro atoms. The second-order valence-corrected chi connectivity index (χ2v) is 5.30. The van der Waals surface area contributed by atoms with Crippen LogP contribution in [0.3, 0.4) is 0 Å². The van der Waals surface area contributed by atoms with Gasteiger partial charge in [-0.2, -0.15) is 5.10 Å². The third kappa shape index (κ3) is 3.44. The largest absolute Gasteiger partial charge is 0.492 e. The molecule has 0 aliphatic rings. The van der Waals surface area contributed by atoms with Crippen LogP contribution in [-0.4, -0.2) is 22.7 Å². The van der Waals surface area contributed by atoms with Crippen molar-refractivity contribution in [1.82, 2.24) is 9.78 Å². The van der Waals surface area contributed by atoms with Crippen molar-refractivity contribution in [2.75, 3.05) is 6.61 Å². The topological polar surface area (TPSA) is 44.1 Å². The Kier molecular flexibility index (Phi) is 4.37. The lowest BCUT2D eigenvalue weighted by molar-refractivity contribution is 0.111. The quantitative estimate of drug-likeness (QED) is 0.795. The second kappa shape index (κ2) is 6.02. The first-order chi connectivity index (χ1) is 9.10. The highest BCUT2D eigenvalue weighted by Crippen LogP contribution is 2.27. The molecule has 0 aliphatic carbocycles. The van der Waals surface area contributed by atoms with Crippen molar-refractivity contribution in [2.45, 2.75) is 13.3 Å². The summed E-state index contributed by atoms with van der Waals surface area (Å²) in [5.41, 5.74) is 2.63. The van der Waals surface area contributed by atoms with Crippen LogP contribution in [0.1, 0.15) is 21.5 Å². The molecule has 0 saturated heterocycles. The lowest BCUT2D eigenvalue weighted by Crippen LogP contribution is -2.04. The number of rotatable bonds is 5. The molecule has 2 rings (SSSR count). The van der Waals surface area contributed by atoms with Crippen molar-refractivity contribution < 1.29 is 9.53 Å². The molecule has 0 fully saturated rings. The van der Waals surface area contributed by atoms with Gasteiger partial charge in [0.1, 0.15) is 5.75 Å². The number of benzene rings is 1. The summed E-state index contributed by atoms with van der Waals surface area (Å²) in [6.45, 7) is 2.45. The SMILES string of the molecule is Cc1cc(Br)cc(C=O)c1OCCc1cnn(C)c1.